The molecule has 5 nitrogen and oxygen atoms in total. The second kappa shape index (κ2) is 6.68. The van der Waals surface area contributed by atoms with E-state index in [0.717, 1.165) is 32.5 Å². The largest absolute Gasteiger partial charge is 0.287 e. The van der Waals surface area contributed by atoms with Gasteiger partial charge < -0.3 is 0 Å². The minimum Gasteiger partial charge on any atom is -0.287 e. The first-order valence-electron chi connectivity index (χ1n) is 8.41. The summed E-state index contributed by atoms with van der Waals surface area (Å²) in [5.41, 5.74) is 3.79. The molecular weight excluding hydrogens is 376 g/mol. The predicted molar refractivity (Wildman–Crippen MR) is 110 cm³/mol. The molecule has 132 valence electrons. The molecule has 0 unspecified atom stereocenters. The lowest BCUT2D eigenvalue weighted by Gasteiger charge is -2.08. The number of aromatic nitrogens is 4. The van der Waals surface area contributed by atoms with E-state index in [0.29, 0.717) is 5.75 Å². The van der Waals surface area contributed by atoms with Crippen molar-refractivity contribution < 1.29 is 0 Å². The Bertz CT molecular complexity index is 1300. The Morgan fingerprint density at radius 2 is 1.81 bits per heavy atom. The van der Waals surface area contributed by atoms with Crippen molar-refractivity contribution in [1.82, 2.24) is 18.9 Å². The molecule has 3 aromatic heterocycles. The first kappa shape index (κ1) is 16.3. The van der Waals surface area contributed by atoms with Gasteiger partial charge in [-0.2, -0.15) is 0 Å². The van der Waals surface area contributed by atoms with Crippen LogP contribution in [-0.2, 0) is 5.75 Å². The van der Waals surface area contributed by atoms with Gasteiger partial charge in [-0.25, -0.2) is 9.97 Å². The normalized spacial score (nSPS) is 11.4. The third-order valence-corrected chi connectivity index (χ3v) is 5.98. The molecule has 5 aromatic rings. The maximum atomic E-state index is 12.2. The van der Waals surface area contributed by atoms with Gasteiger partial charge in [-0.05, 0) is 24.3 Å². The maximum Gasteiger partial charge on any atom is 0.258 e. The lowest BCUT2D eigenvalue weighted by Crippen LogP contribution is -2.12. The molecule has 0 spiro atoms. The third kappa shape index (κ3) is 2.94. The van der Waals surface area contributed by atoms with E-state index < -0.39 is 0 Å². The van der Waals surface area contributed by atoms with Crippen LogP contribution in [0.2, 0.25) is 0 Å². The number of benzene rings is 2. The molecule has 0 saturated carbocycles. The van der Waals surface area contributed by atoms with Crippen molar-refractivity contribution in [1.29, 1.82) is 0 Å². The standard InChI is InChI=1S/C20H14N4OS2/c25-18-12-14(21-19-23(18)10-11-26-19)13-27-20-22-16-8-4-5-9-17(16)24(20)15-6-2-1-3-7-15/h1-12H,13H2. The maximum absolute atomic E-state index is 12.2. The van der Waals surface area contributed by atoms with Crippen molar-refractivity contribution in [3.05, 3.63) is 88.3 Å². The Kier molecular flexibility index (Phi) is 4.03. The van der Waals surface area contributed by atoms with E-state index in [4.69, 9.17) is 4.98 Å². The Morgan fingerprint density at radius 3 is 2.70 bits per heavy atom. The second-order valence-corrected chi connectivity index (χ2v) is 7.80. The molecule has 0 aliphatic carbocycles. The van der Waals surface area contributed by atoms with Crippen molar-refractivity contribution in [3.8, 4) is 5.69 Å². The number of hydrogen-bond donors (Lipinski definition) is 0. The van der Waals surface area contributed by atoms with Gasteiger partial charge in [0.15, 0.2) is 10.1 Å². The molecule has 0 saturated heterocycles. The molecule has 0 radical (unpaired) electrons. The monoisotopic (exact) mass is 390 g/mol. The van der Waals surface area contributed by atoms with Gasteiger partial charge in [0.25, 0.3) is 5.56 Å². The van der Waals surface area contributed by atoms with E-state index in [9.17, 15) is 4.79 Å². The van der Waals surface area contributed by atoms with Crippen molar-refractivity contribution >= 4 is 39.1 Å². The zero-order chi connectivity index (χ0) is 18.2. The molecule has 0 fully saturated rings. The van der Waals surface area contributed by atoms with Gasteiger partial charge >= 0.3 is 0 Å². The highest BCUT2D eigenvalue weighted by Gasteiger charge is 2.13. The minimum absolute atomic E-state index is 0.0478. The van der Waals surface area contributed by atoms with E-state index in [2.05, 4.69) is 27.8 Å². The highest BCUT2D eigenvalue weighted by molar-refractivity contribution is 7.98. The molecule has 0 atom stereocenters. The van der Waals surface area contributed by atoms with E-state index in [1.807, 2.05) is 41.8 Å². The number of thiazole rings is 1. The van der Waals surface area contributed by atoms with Crippen molar-refractivity contribution in [2.45, 2.75) is 10.9 Å². The van der Waals surface area contributed by atoms with E-state index in [1.54, 1.807) is 28.4 Å². The van der Waals surface area contributed by atoms with Crippen LogP contribution in [-0.4, -0.2) is 18.9 Å². The van der Waals surface area contributed by atoms with Crippen molar-refractivity contribution in [2.24, 2.45) is 0 Å². The van der Waals surface area contributed by atoms with Gasteiger partial charge in [-0.1, -0.05) is 42.1 Å². The zero-order valence-electron chi connectivity index (χ0n) is 14.1. The molecule has 3 heterocycles. The highest BCUT2D eigenvalue weighted by Crippen LogP contribution is 2.29. The van der Waals surface area contributed by atoms with Gasteiger partial charge in [0.2, 0.25) is 0 Å². The van der Waals surface area contributed by atoms with Crippen LogP contribution in [0, 0.1) is 0 Å². The van der Waals surface area contributed by atoms with Gasteiger partial charge in [-0.15, -0.1) is 11.3 Å². The van der Waals surface area contributed by atoms with Crippen LogP contribution >= 0.6 is 23.1 Å². The summed E-state index contributed by atoms with van der Waals surface area (Å²) in [6, 6.07) is 19.9. The van der Waals surface area contributed by atoms with Crippen LogP contribution in [0.15, 0.2) is 82.2 Å². The van der Waals surface area contributed by atoms with Gasteiger partial charge in [0, 0.05) is 29.1 Å². The SMILES string of the molecule is O=c1cc(CSc2nc3ccccc3n2-c2ccccc2)nc2sccn12. The molecule has 27 heavy (non-hydrogen) atoms. The summed E-state index contributed by atoms with van der Waals surface area (Å²) in [7, 11) is 0. The van der Waals surface area contributed by atoms with Crippen LogP contribution in [0.3, 0.4) is 0 Å². The second-order valence-electron chi connectivity index (χ2n) is 5.98. The smallest absolute Gasteiger partial charge is 0.258 e. The van der Waals surface area contributed by atoms with Gasteiger partial charge in [0.05, 0.1) is 16.7 Å². The Balaban J connectivity index is 1.55. The fourth-order valence-corrected chi connectivity index (χ4v) is 4.69. The Hall–Kier alpha value is -2.90. The molecule has 7 heteroatoms. The van der Waals surface area contributed by atoms with Crippen LogP contribution < -0.4 is 5.56 Å². The van der Waals surface area contributed by atoms with Crippen LogP contribution in [0.4, 0.5) is 0 Å². The summed E-state index contributed by atoms with van der Waals surface area (Å²) in [4.78, 5) is 22.3. The molecule has 5 rings (SSSR count). The number of para-hydroxylation sites is 3. The molecule has 0 bridgehead atoms. The Morgan fingerprint density at radius 1 is 1.00 bits per heavy atom. The number of thioether (sulfide) groups is 1. The molecular formula is C20H14N4OS2. The summed E-state index contributed by atoms with van der Waals surface area (Å²) in [6.45, 7) is 0. The number of rotatable bonds is 4. The van der Waals surface area contributed by atoms with E-state index >= 15 is 0 Å². The quantitative estimate of drug-likeness (QED) is 0.427. The first-order valence-corrected chi connectivity index (χ1v) is 10.3. The average molecular weight is 390 g/mol. The number of nitrogens with zero attached hydrogens (tertiary/aromatic N) is 4. The lowest BCUT2D eigenvalue weighted by molar-refractivity contribution is 0.917. The summed E-state index contributed by atoms with van der Waals surface area (Å²) in [5.74, 6) is 0.583. The molecule has 0 aliphatic rings. The van der Waals surface area contributed by atoms with Gasteiger partial charge in [-0.3, -0.25) is 13.8 Å². The lowest BCUT2D eigenvalue weighted by atomic mass is 10.3. The third-order valence-electron chi connectivity index (χ3n) is 4.25. The average Bonchev–Trinajstić information content (AvgIpc) is 3.31. The Labute approximate surface area is 163 Å². The summed E-state index contributed by atoms with van der Waals surface area (Å²) >= 11 is 3.05. The van der Waals surface area contributed by atoms with E-state index in [-0.39, 0.29) is 5.56 Å². The number of fused-ring (bicyclic) bond motifs is 2. The van der Waals surface area contributed by atoms with E-state index in [1.165, 1.54) is 11.3 Å². The summed E-state index contributed by atoms with van der Waals surface area (Å²) < 4.78 is 3.72. The van der Waals surface area contributed by atoms with Crippen LogP contribution in [0.1, 0.15) is 5.69 Å². The van der Waals surface area contributed by atoms with Crippen LogP contribution in [0.25, 0.3) is 21.7 Å². The fourth-order valence-electron chi connectivity index (χ4n) is 3.03. The minimum atomic E-state index is -0.0478. The van der Waals surface area contributed by atoms with Crippen molar-refractivity contribution in [2.75, 3.05) is 0 Å². The predicted octanol–water partition coefficient (Wildman–Crippen LogP) is 4.39. The highest BCUT2D eigenvalue weighted by atomic mass is 32.2. The fraction of sp³-hybridized carbons (Fsp3) is 0.0500. The summed E-state index contributed by atoms with van der Waals surface area (Å²) in [6.07, 6.45) is 1.75. The van der Waals surface area contributed by atoms with Crippen molar-refractivity contribution in [3.63, 3.8) is 0 Å². The number of imidazole rings is 1. The van der Waals surface area contributed by atoms with Gasteiger partial charge in [0.1, 0.15) is 0 Å². The molecule has 2 aromatic carbocycles. The zero-order valence-corrected chi connectivity index (χ0v) is 15.8. The summed E-state index contributed by atoms with van der Waals surface area (Å²) in [5, 5.41) is 2.76. The topological polar surface area (TPSA) is 52.2 Å². The molecule has 0 N–H and O–H groups in total. The number of hydrogen-bond acceptors (Lipinski definition) is 5. The van der Waals surface area contributed by atoms with Crippen LogP contribution in [0.5, 0.6) is 0 Å². The molecule has 0 aliphatic heterocycles. The first-order chi connectivity index (χ1) is 13.3. The molecule has 0 amide bonds.